The molecule has 0 bridgehead atoms. The van der Waals surface area contributed by atoms with Gasteiger partial charge in [-0.1, -0.05) is 13.5 Å². The molecule has 0 aromatic heterocycles. The van der Waals surface area contributed by atoms with E-state index in [-0.39, 0.29) is 5.60 Å². The van der Waals surface area contributed by atoms with Crippen LogP contribution in [0.25, 0.3) is 0 Å². The Morgan fingerprint density at radius 3 is 2.64 bits per heavy atom. The van der Waals surface area contributed by atoms with Crippen LogP contribution in [-0.4, -0.2) is 24.8 Å². The van der Waals surface area contributed by atoms with Gasteiger partial charge in [-0.15, -0.1) is 0 Å². The van der Waals surface area contributed by atoms with Gasteiger partial charge in [0.15, 0.2) is 0 Å². The maximum atomic E-state index is 5.75. The Morgan fingerprint density at radius 2 is 2.14 bits per heavy atom. The van der Waals surface area contributed by atoms with Crippen LogP contribution in [0.1, 0.15) is 40.0 Å². The third-order valence-electron chi connectivity index (χ3n) is 2.74. The van der Waals surface area contributed by atoms with Crippen molar-refractivity contribution >= 4 is 0 Å². The van der Waals surface area contributed by atoms with Crippen LogP contribution in [0.2, 0.25) is 0 Å². The highest BCUT2D eigenvalue weighted by atomic mass is 16.5. The molecule has 0 heterocycles. The first-order valence-electron chi connectivity index (χ1n) is 5.57. The minimum absolute atomic E-state index is 0.0114. The van der Waals surface area contributed by atoms with E-state index in [2.05, 4.69) is 32.7 Å². The van der Waals surface area contributed by atoms with Gasteiger partial charge in [0.05, 0.1) is 12.2 Å². The zero-order chi connectivity index (χ0) is 10.6. The largest absolute Gasteiger partial charge is 0.371 e. The van der Waals surface area contributed by atoms with Gasteiger partial charge in [0.2, 0.25) is 0 Å². The zero-order valence-electron chi connectivity index (χ0n) is 9.73. The second kappa shape index (κ2) is 4.94. The fourth-order valence-electron chi connectivity index (χ4n) is 1.03. The highest BCUT2D eigenvalue weighted by Crippen LogP contribution is 2.19. The highest BCUT2D eigenvalue weighted by Gasteiger charge is 2.20. The van der Waals surface area contributed by atoms with Gasteiger partial charge >= 0.3 is 0 Å². The van der Waals surface area contributed by atoms with Crippen molar-refractivity contribution in [3.05, 3.63) is 12.2 Å². The van der Waals surface area contributed by atoms with Crippen LogP contribution < -0.4 is 5.32 Å². The van der Waals surface area contributed by atoms with Crippen molar-refractivity contribution in [1.29, 1.82) is 0 Å². The summed E-state index contributed by atoms with van der Waals surface area (Å²) in [6.07, 6.45) is 3.69. The smallest absolute Gasteiger partial charge is 0.0693 e. The van der Waals surface area contributed by atoms with E-state index in [1.807, 2.05) is 0 Å². The van der Waals surface area contributed by atoms with Crippen LogP contribution in [0.4, 0.5) is 0 Å². The Labute approximate surface area is 87.7 Å². The lowest BCUT2D eigenvalue weighted by Gasteiger charge is -2.24. The summed E-state index contributed by atoms with van der Waals surface area (Å²) in [7, 11) is 0. The molecule has 0 amide bonds. The highest BCUT2D eigenvalue weighted by molar-refractivity contribution is 4.99. The van der Waals surface area contributed by atoms with E-state index in [4.69, 9.17) is 4.74 Å². The molecule has 0 spiro atoms. The van der Waals surface area contributed by atoms with E-state index in [0.717, 1.165) is 24.6 Å². The topological polar surface area (TPSA) is 21.3 Å². The Kier molecular flexibility index (Phi) is 4.14. The predicted octanol–water partition coefficient (Wildman–Crippen LogP) is 2.50. The molecule has 82 valence electrons. The molecule has 1 fully saturated rings. The third kappa shape index (κ3) is 4.77. The molecule has 14 heavy (non-hydrogen) atoms. The molecule has 0 atom stereocenters. The number of ether oxygens (including phenoxy) is 1. The van der Waals surface area contributed by atoms with Crippen LogP contribution in [0, 0.1) is 0 Å². The van der Waals surface area contributed by atoms with Crippen molar-refractivity contribution in [3.8, 4) is 0 Å². The van der Waals surface area contributed by atoms with Crippen LogP contribution in [0.3, 0.4) is 0 Å². The van der Waals surface area contributed by atoms with Gasteiger partial charge in [-0.25, -0.2) is 0 Å². The van der Waals surface area contributed by atoms with Crippen molar-refractivity contribution in [2.45, 2.75) is 51.7 Å². The van der Waals surface area contributed by atoms with E-state index in [0.29, 0.717) is 6.61 Å². The molecule has 1 aliphatic rings. The van der Waals surface area contributed by atoms with Crippen molar-refractivity contribution in [2.24, 2.45) is 0 Å². The van der Waals surface area contributed by atoms with Gasteiger partial charge in [-0.05, 0) is 38.7 Å². The first-order valence-corrected chi connectivity index (χ1v) is 5.57. The molecular weight excluding hydrogens is 174 g/mol. The standard InChI is InChI=1S/C12H23NO/c1-5-12(3,4)14-9-10(2)8-13-11-6-7-11/h11,13H,2,5-9H2,1,3-4H3. The van der Waals surface area contributed by atoms with Crippen molar-refractivity contribution in [3.63, 3.8) is 0 Å². The second-order valence-corrected chi connectivity index (χ2v) is 4.81. The summed E-state index contributed by atoms with van der Waals surface area (Å²) in [4.78, 5) is 0. The molecule has 1 N–H and O–H groups in total. The van der Waals surface area contributed by atoms with Crippen molar-refractivity contribution in [2.75, 3.05) is 13.2 Å². The lowest BCUT2D eigenvalue weighted by atomic mass is 10.1. The minimum Gasteiger partial charge on any atom is -0.371 e. The average Bonchev–Trinajstić information content (AvgIpc) is 2.95. The maximum absolute atomic E-state index is 5.75. The fourth-order valence-corrected chi connectivity index (χ4v) is 1.03. The molecule has 0 unspecified atom stereocenters. The summed E-state index contributed by atoms with van der Waals surface area (Å²) >= 11 is 0. The summed E-state index contributed by atoms with van der Waals surface area (Å²) in [5.41, 5.74) is 1.14. The number of hydrogen-bond donors (Lipinski definition) is 1. The Bertz CT molecular complexity index is 194. The number of nitrogens with one attached hydrogen (secondary N) is 1. The van der Waals surface area contributed by atoms with Gasteiger partial charge in [0.25, 0.3) is 0 Å². The van der Waals surface area contributed by atoms with Crippen LogP contribution >= 0.6 is 0 Å². The molecule has 2 heteroatoms. The third-order valence-corrected chi connectivity index (χ3v) is 2.74. The second-order valence-electron chi connectivity index (χ2n) is 4.81. The van der Waals surface area contributed by atoms with Gasteiger partial charge < -0.3 is 10.1 Å². The van der Waals surface area contributed by atoms with Crippen molar-refractivity contribution < 1.29 is 4.74 Å². The molecule has 1 rings (SSSR count). The zero-order valence-corrected chi connectivity index (χ0v) is 9.73. The summed E-state index contributed by atoms with van der Waals surface area (Å²) in [5, 5.41) is 3.43. The van der Waals surface area contributed by atoms with E-state index in [9.17, 15) is 0 Å². The van der Waals surface area contributed by atoms with Gasteiger partial charge in [0.1, 0.15) is 0 Å². The monoisotopic (exact) mass is 197 g/mol. The van der Waals surface area contributed by atoms with Gasteiger partial charge in [0, 0.05) is 12.6 Å². The first kappa shape index (κ1) is 11.7. The molecule has 1 aliphatic carbocycles. The molecule has 0 aromatic rings. The summed E-state index contributed by atoms with van der Waals surface area (Å²) in [5.74, 6) is 0. The normalized spacial score (nSPS) is 17.1. The molecule has 0 aliphatic heterocycles. The van der Waals surface area contributed by atoms with Crippen molar-refractivity contribution in [1.82, 2.24) is 5.32 Å². The van der Waals surface area contributed by atoms with E-state index in [1.54, 1.807) is 0 Å². The molecule has 0 saturated heterocycles. The SMILES string of the molecule is C=C(CNC1CC1)COC(C)(C)CC. The maximum Gasteiger partial charge on any atom is 0.0693 e. The van der Waals surface area contributed by atoms with Gasteiger partial charge in [-0.2, -0.15) is 0 Å². The van der Waals surface area contributed by atoms with Gasteiger partial charge in [-0.3, -0.25) is 0 Å². The van der Waals surface area contributed by atoms with Crippen LogP contribution in [-0.2, 0) is 4.74 Å². The van der Waals surface area contributed by atoms with E-state index < -0.39 is 0 Å². The van der Waals surface area contributed by atoms with Crippen LogP contribution in [0.5, 0.6) is 0 Å². The average molecular weight is 197 g/mol. The van der Waals surface area contributed by atoms with Crippen LogP contribution in [0.15, 0.2) is 12.2 Å². The lowest BCUT2D eigenvalue weighted by Crippen LogP contribution is -2.27. The summed E-state index contributed by atoms with van der Waals surface area (Å²) in [6.45, 7) is 12.0. The Balaban J connectivity index is 2.07. The quantitative estimate of drug-likeness (QED) is 0.633. The minimum atomic E-state index is -0.0114. The molecule has 2 nitrogen and oxygen atoms in total. The molecule has 1 saturated carbocycles. The number of hydrogen-bond acceptors (Lipinski definition) is 2. The number of rotatable bonds is 7. The predicted molar refractivity (Wildman–Crippen MR) is 60.5 cm³/mol. The molecule has 0 radical (unpaired) electrons. The fraction of sp³-hybridized carbons (Fsp3) is 0.833. The summed E-state index contributed by atoms with van der Waals surface area (Å²) < 4.78 is 5.75. The Morgan fingerprint density at radius 1 is 1.50 bits per heavy atom. The van der Waals surface area contributed by atoms with E-state index in [1.165, 1.54) is 12.8 Å². The Hall–Kier alpha value is -0.340. The van der Waals surface area contributed by atoms with E-state index >= 15 is 0 Å². The molecule has 0 aromatic carbocycles. The molecular formula is C12H23NO. The summed E-state index contributed by atoms with van der Waals surface area (Å²) in [6, 6.07) is 0.755. The first-order chi connectivity index (χ1) is 6.53. The lowest BCUT2D eigenvalue weighted by molar-refractivity contribution is -0.00745.